The number of aromatic nitrogens is 3. The summed E-state index contributed by atoms with van der Waals surface area (Å²) in [5.74, 6) is 0.111. The van der Waals surface area contributed by atoms with Gasteiger partial charge >= 0.3 is 5.69 Å². The van der Waals surface area contributed by atoms with Gasteiger partial charge in [-0.1, -0.05) is 36.9 Å². The maximum Gasteiger partial charge on any atom is 0.343 e. The van der Waals surface area contributed by atoms with E-state index in [2.05, 4.69) is 20.8 Å². The third kappa shape index (κ3) is 5.95. The molecule has 3 aromatic rings. The van der Waals surface area contributed by atoms with Crippen LogP contribution in [0.3, 0.4) is 0 Å². The maximum absolute atomic E-state index is 12.6. The lowest BCUT2D eigenvalue weighted by molar-refractivity contribution is -0.113. The molecule has 2 aromatic carbocycles. The summed E-state index contributed by atoms with van der Waals surface area (Å²) in [7, 11) is 2.92. The molecule has 0 fully saturated rings. The first-order valence-corrected chi connectivity index (χ1v) is 11.2. The summed E-state index contributed by atoms with van der Waals surface area (Å²) < 4.78 is 12.3. The van der Waals surface area contributed by atoms with Gasteiger partial charge in [-0.25, -0.2) is 9.89 Å². The third-order valence-electron chi connectivity index (χ3n) is 4.58. The molecule has 11 heteroatoms. The Morgan fingerprint density at radius 3 is 2.30 bits per heavy atom. The van der Waals surface area contributed by atoms with Crippen LogP contribution in [0.5, 0.6) is 11.5 Å². The minimum Gasteiger partial charge on any atom is -0.494 e. The van der Waals surface area contributed by atoms with E-state index < -0.39 is 0 Å². The van der Waals surface area contributed by atoms with Crippen LogP contribution in [0.1, 0.15) is 23.7 Å². The van der Waals surface area contributed by atoms with Crippen molar-refractivity contribution in [1.82, 2.24) is 14.8 Å². The van der Waals surface area contributed by atoms with Gasteiger partial charge in [-0.15, -0.1) is 5.10 Å². The summed E-state index contributed by atoms with van der Waals surface area (Å²) in [6.07, 6.45) is 0.767. The average molecular weight is 472 g/mol. The summed E-state index contributed by atoms with van der Waals surface area (Å²) in [5, 5.41) is 12.4. The summed E-state index contributed by atoms with van der Waals surface area (Å²) in [6, 6.07) is 11.9. The number of carbonyl (C=O) groups excluding carboxylic acids is 2. The van der Waals surface area contributed by atoms with Gasteiger partial charge < -0.3 is 20.1 Å². The maximum atomic E-state index is 12.6. The summed E-state index contributed by atoms with van der Waals surface area (Å²) in [4.78, 5) is 36.9. The number of hydrogen-bond acceptors (Lipinski definition) is 7. The van der Waals surface area contributed by atoms with Crippen molar-refractivity contribution in [1.29, 1.82) is 0 Å². The second-order valence-electron chi connectivity index (χ2n) is 6.87. The smallest absolute Gasteiger partial charge is 0.343 e. The standard InChI is InChI=1S/C22H25N5O5S/c1-4-10-27-21(30)25-26-22(27)33-13-19(28)23-15-11-18(32-3)16(12-17(15)31-2)24-20(29)14-8-6-5-7-9-14/h5-9,11-12H,4,10,13H2,1-3H3,(H,23,28)(H,24,29)(H,25,30). The van der Waals surface area contributed by atoms with Crippen molar-refractivity contribution in [2.24, 2.45) is 0 Å². The largest absolute Gasteiger partial charge is 0.494 e. The number of carbonyl (C=O) groups is 2. The van der Waals surface area contributed by atoms with Gasteiger partial charge in [0.1, 0.15) is 11.5 Å². The molecule has 174 valence electrons. The second-order valence-corrected chi connectivity index (χ2v) is 7.82. The quantitative estimate of drug-likeness (QED) is 0.388. The first kappa shape index (κ1) is 23.9. The number of ether oxygens (including phenoxy) is 2. The van der Waals surface area contributed by atoms with E-state index in [4.69, 9.17) is 9.47 Å². The SMILES string of the molecule is CCCn1c(SCC(=O)Nc2cc(OC)c(NC(=O)c3ccccc3)cc2OC)n[nH]c1=O. The van der Waals surface area contributed by atoms with E-state index >= 15 is 0 Å². The molecule has 3 N–H and O–H groups in total. The molecule has 0 saturated heterocycles. The Balaban J connectivity index is 1.73. The Labute approximate surface area is 194 Å². The fourth-order valence-electron chi connectivity index (χ4n) is 3.03. The topological polar surface area (TPSA) is 127 Å². The van der Waals surface area contributed by atoms with Crippen LogP contribution in [-0.2, 0) is 11.3 Å². The highest BCUT2D eigenvalue weighted by molar-refractivity contribution is 7.99. The lowest BCUT2D eigenvalue weighted by Gasteiger charge is -2.16. The summed E-state index contributed by atoms with van der Waals surface area (Å²) in [5.41, 5.74) is 0.966. The van der Waals surface area contributed by atoms with Gasteiger partial charge in [0, 0.05) is 24.2 Å². The van der Waals surface area contributed by atoms with E-state index in [1.165, 1.54) is 18.8 Å². The van der Waals surface area contributed by atoms with Crippen molar-refractivity contribution >= 4 is 35.0 Å². The molecule has 0 aliphatic rings. The van der Waals surface area contributed by atoms with Crippen LogP contribution < -0.4 is 25.8 Å². The molecular formula is C22H25N5O5S. The molecule has 0 unspecified atom stereocenters. The molecule has 33 heavy (non-hydrogen) atoms. The van der Waals surface area contributed by atoms with Crippen molar-refractivity contribution < 1.29 is 19.1 Å². The zero-order chi connectivity index (χ0) is 23.8. The fraction of sp³-hybridized carbons (Fsp3) is 0.273. The molecule has 1 aromatic heterocycles. The lowest BCUT2D eigenvalue weighted by Crippen LogP contribution is -2.19. The van der Waals surface area contributed by atoms with Gasteiger partial charge in [-0.3, -0.25) is 14.2 Å². The number of H-pyrrole nitrogens is 1. The Hall–Kier alpha value is -3.73. The Kier molecular flexibility index (Phi) is 8.14. The van der Waals surface area contributed by atoms with Gasteiger partial charge in [0.15, 0.2) is 5.16 Å². The fourth-order valence-corrected chi connectivity index (χ4v) is 3.80. The first-order valence-electron chi connectivity index (χ1n) is 10.2. The normalized spacial score (nSPS) is 10.5. The summed E-state index contributed by atoms with van der Waals surface area (Å²) in [6.45, 7) is 2.46. The van der Waals surface area contributed by atoms with Crippen LogP contribution in [-0.4, -0.2) is 46.6 Å². The van der Waals surface area contributed by atoms with Gasteiger partial charge in [0.05, 0.1) is 31.3 Å². The highest BCUT2D eigenvalue weighted by Crippen LogP contribution is 2.36. The van der Waals surface area contributed by atoms with Gasteiger partial charge in [-0.2, -0.15) is 0 Å². The van der Waals surface area contributed by atoms with E-state index in [9.17, 15) is 14.4 Å². The zero-order valence-electron chi connectivity index (χ0n) is 18.5. The molecule has 2 amide bonds. The molecule has 10 nitrogen and oxygen atoms in total. The molecule has 1 heterocycles. The van der Waals surface area contributed by atoms with Crippen LogP contribution in [0.25, 0.3) is 0 Å². The Bertz CT molecular complexity index is 1180. The minimum atomic E-state index is -0.320. The predicted molar refractivity (Wildman–Crippen MR) is 126 cm³/mol. The van der Waals surface area contributed by atoms with Gasteiger partial charge in [-0.05, 0) is 18.6 Å². The van der Waals surface area contributed by atoms with Crippen LogP contribution in [0.4, 0.5) is 11.4 Å². The predicted octanol–water partition coefficient (Wildman–Crippen LogP) is 2.98. The molecule has 0 aliphatic heterocycles. The number of rotatable bonds is 10. The van der Waals surface area contributed by atoms with Crippen molar-refractivity contribution in [3.63, 3.8) is 0 Å². The van der Waals surface area contributed by atoms with Crippen LogP contribution in [0.2, 0.25) is 0 Å². The van der Waals surface area contributed by atoms with Crippen molar-refractivity contribution in [2.45, 2.75) is 25.0 Å². The zero-order valence-corrected chi connectivity index (χ0v) is 19.3. The molecule has 3 rings (SSSR count). The lowest BCUT2D eigenvalue weighted by atomic mass is 10.2. The molecule has 0 atom stereocenters. The number of nitrogens with zero attached hydrogens (tertiary/aromatic N) is 2. The number of nitrogens with one attached hydrogen (secondary N) is 3. The molecule has 0 saturated carbocycles. The number of benzene rings is 2. The first-order chi connectivity index (χ1) is 16.0. The van der Waals surface area contributed by atoms with Crippen molar-refractivity contribution in [3.05, 3.63) is 58.5 Å². The Morgan fingerprint density at radius 1 is 1.06 bits per heavy atom. The van der Waals surface area contributed by atoms with Gasteiger partial charge in [0.2, 0.25) is 5.91 Å². The van der Waals surface area contributed by atoms with Crippen molar-refractivity contribution in [3.8, 4) is 11.5 Å². The molecule has 0 spiro atoms. The van der Waals surface area contributed by atoms with E-state index in [1.54, 1.807) is 36.4 Å². The highest BCUT2D eigenvalue weighted by Gasteiger charge is 2.17. The second kappa shape index (κ2) is 11.2. The molecule has 0 bridgehead atoms. The third-order valence-corrected chi connectivity index (χ3v) is 5.56. The number of aromatic amines is 1. The number of thioether (sulfide) groups is 1. The number of hydrogen-bond donors (Lipinski definition) is 3. The van der Waals surface area contributed by atoms with E-state index in [0.29, 0.717) is 40.1 Å². The number of anilines is 2. The highest BCUT2D eigenvalue weighted by atomic mass is 32.2. The molecule has 0 radical (unpaired) electrons. The van der Waals surface area contributed by atoms with E-state index in [0.717, 1.165) is 18.2 Å². The van der Waals surface area contributed by atoms with Gasteiger partial charge in [0.25, 0.3) is 5.91 Å². The van der Waals surface area contributed by atoms with Crippen LogP contribution >= 0.6 is 11.8 Å². The minimum absolute atomic E-state index is 0.0337. The molecule has 0 aliphatic carbocycles. The van der Waals surface area contributed by atoms with E-state index in [-0.39, 0.29) is 23.3 Å². The monoisotopic (exact) mass is 471 g/mol. The van der Waals surface area contributed by atoms with Crippen molar-refractivity contribution in [2.75, 3.05) is 30.6 Å². The Morgan fingerprint density at radius 2 is 1.70 bits per heavy atom. The number of methoxy groups -OCH3 is 2. The average Bonchev–Trinajstić information content (AvgIpc) is 3.18. The van der Waals surface area contributed by atoms with Crippen LogP contribution in [0.15, 0.2) is 52.4 Å². The number of amides is 2. The van der Waals surface area contributed by atoms with E-state index in [1.807, 2.05) is 13.0 Å². The van der Waals surface area contributed by atoms with Crippen LogP contribution in [0, 0.1) is 0 Å². The molecular weight excluding hydrogens is 446 g/mol. The summed E-state index contributed by atoms with van der Waals surface area (Å²) >= 11 is 1.15.